The predicted octanol–water partition coefficient (Wildman–Crippen LogP) is 1.34. The lowest BCUT2D eigenvalue weighted by Crippen LogP contribution is -2.53. The van der Waals surface area contributed by atoms with Crippen LogP contribution in [0.3, 0.4) is 0 Å². The maximum atomic E-state index is 13.7. The molecule has 0 aromatic heterocycles. The number of piperazine rings is 1. The summed E-state index contributed by atoms with van der Waals surface area (Å²) in [6, 6.07) is 5.78. The molecule has 4 fully saturated rings. The van der Waals surface area contributed by atoms with Crippen LogP contribution in [0.1, 0.15) is 60.9 Å². The lowest BCUT2D eigenvalue weighted by Gasteiger charge is -2.37. The molecule has 0 radical (unpaired) electrons. The van der Waals surface area contributed by atoms with Crippen LogP contribution in [0.25, 0.3) is 0 Å². The number of carboxylic acid groups (broad SMARTS) is 1. The maximum absolute atomic E-state index is 13.7. The number of hydrogen-bond donors (Lipinski definition) is 2. The molecule has 4 aliphatic rings. The highest BCUT2D eigenvalue weighted by atomic mass is 32.2. The van der Waals surface area contributed by atoms with Crippen molar-refractivity contribution in [2.24, 2.45) is 17.6 Å². The number of sulfonamides is 1. The summed E-state index contributed by atoms with van der Waals surface area (Å²) < 4.78 is 27.0. The van der Waals surface area contributed by atoms with E-state index in [0.717, 1.165) is 44.1 Å². The number of benzene rings is 1. The Morgan fingerprint density at radius 3 is 2.13 bits per heavy atom. The van der Waals surface area contributed by atoms with E-state index in [4.69, 9.17) is 10.8 Å². The first-order valence-electron chi connectivity index (χ1n) is 14.3. The van der Waals surface area contributed by atoms with Gasteiger partial charge in [-0.1, -0.05) is 12.1 Å². The molecule has 2 aliphatic carbocycles. The molecule has 2 heterocycles. The molecule has 39 heavy (non-hydrogen) atoms. The third-order valence-corrected chi connectivity index (χ3v) is 11.5. The minimum absolute atomic E-state index is 0.00319. The Hall–Kier alpha value is -2.34. The number of Topliss-reactive ketones (excluding diaryl/α,β-unsaturated/α-hetero) is 1. The largest absolute Gasteiger partial charge is 0.478 e. The van der Waals surface area contributed by atoms with Crippen LogP contribution in [0.2, 0.25) is 0 Å². The van der Waals surface area contributed by atoms with Gasteiger partial charge in [0.25, 0.3) is 0 Å². The fourth-order valence-corrected chi connectivity index (χ4v) is 8.32. The summed E-state index contributed by atoms with van der Waals surface area (Å²) in [4.78, 5) is 42.6. The van der Waals surface area contributed by atoms with Gasteiger partial charge in [0.1, 0.15) is 0 Å². The van der Waals surface area contributed by atoms with Crippen LogP contribution in [0.5, 0.6) is 0 Å². The highest BCUT2D eigenvalue weighted by molar-refractivity contribution is 7.90. The Labute approximate surface area is 230 Å². The normalized spacial score (nSPS) is 28.9. The van der Waals surface area contributed by atoms with Crippen molar-refractivity contribution >= 4 is 27.7 Å². The number of carboxylic acids is 1. The molecule has 10 nitrogen and oxygen atoms in total. The summed E-state index contributed by atoms with van der Waals surface area (Å²) in [6.07, 6.45) is 5.59. The molecule has 2 saturated carbocycles. The monoisotopic (exact) mass is 560 g/mol. The van der Waals surface area contributed by atoms with Gasteiger partial charge in [-0.15, -0.1) is 0 Å². The minimum Gasteiger partial charge on any atom is -0.478 e. The van der Waals surface area contributed by atoms with Crippen molar-refractivity contribution < 1.29 is 27.9 Å². The van der Waals surface area contributed by atoms with Crippen molar-refractivity contribution in [2.45, 2.75) is 68.7 Å². The second-order valence-corrected chi connectivity index (χ2v) is 13.9. The number of nitrogens with two attached hydrogens (primary N) is 1. The zero-order valence-corrected chi connectivity index (χ0v) is 23.2. The van der Waals surface area contributed by atoms with Crippen LogP contribution >= 0.6 is 0 Å². The number of ketones is 1. The molecule has 1 aromatic carbocycles. The molecule has 3 N–H and O–H groups in total. The highest BCUT2D eigenvalue weighted by Gasteiger charge is 2.46. The van der Waals surface area contributed by atoms with Crippen LogP contribution in [0, 0.1) is 11.8 Å². The number of rotatable bonds is 9. The van der Waals surface area contributed by atoms with Gasteiger partial charge in [0, 0.05) is 51.1 Å². The van der Waals surface area contributed by atoms with Gasteiger partial charge in [-0.2, -0.15) is 4.31 Å². The molecule has 2 atom stereocenters. The lowest BCUT2D eigenvalue weighted by molar-refractivity contribution is -0.142. The van der Waals surface area contributed by atoms with E-state index in [9.17, 15) is 22.8 Å². The van der Waals surface area contributed by atoms with Crippen LogP contribution in [0.15, 0.2) is 24.3 Å². The van der Waals surface area contributed by atoms with E-state index in [0.29, 0.717) is 51.6 Å². The number of likely N-dealkylation sites (tertiary alicyclic amines) is 1. The Morgan fingerprint density at radius 2 is 1.56 bits per heavy atom. The van der Waals surface area contributed by atoms with Gasteiger partial charge in [0.2, 0.25) is 15.9 Å². The van der Waals surface area contributed by atoms with E-state index in [-0.39, 0.29) is 40.9 Å². The van der Waals surface area contributed by atoms with Gasteiger partial charge in [-0.05, 0) is 75.1 Å². The molecule has 2 aliphatic heterocycles. The molecule has 1 amide bonds. The summed E-state index contributed by atoms with van der Waals surface area (Å²) in [7, 11) is -3.21. The third-order valence-electron chi connectivity index (χ3n) is 9.14. The van der Waals surface area contributed by atoms with Crippen molar-refractivity contribution in [3.63, 3.8) is 0 Å². The van der Waals surface area contributed by atoms with E-state index in [1.807, 2.05) is 0 Å². The summed E-state index contributed by atoms with van der Waals surface area (Å²) >= 11 is 0. The van der Waals surface area contributed by atoms with Gasteiger partial charge in [-0.3, -0.25) is 14.5 Å². The van der Waals surface area contributed by atoms with E-state index < -0.39 is 22.0 Å². The van der Waals surface area contributed by atoms with Crippen molar-refractivity contribution in [3.8, 4) is 0 Å². The van der Waals surface area contributed by atoms with Crippen LogP contribution < -0.4 is 5.73 Å². The quantitative estimate of drug-likeness (QED) is 0.461. The standard InChI is InChI=1S/C28H40N4O6S/c29-17-20-3-5-21(6-4-20)27(34)32-18-23(30-11-13-31(14-12-30)39(37,38)24-9-10-24)16-25(32)26(33)15-19-1-7-22(8-2-19)28(35)36/h1-2,7-8,20-21,23-25H,3-6,9-18,29H2,(H,35,36)/t20?,21?,23-,25-/m0/s1. The van der Waals surface area contributed by atoms with Crippen molar-refractivity contribution in [1.82, 2.24) is 14.1 Å². The molecule has 0 spiro atoms. The van der Waals surface area contributed by atoms with Gasteiger partial charge in [0.05, 0.1) is 16.9 Å². The van der Waals surface area contributed by atoms with Crippen LogP contribution in [-0.2, 0) is 26.0 Å². The van der Waals surface area contributed by atoms with Crippen molar-refractivity contribution in [1.29, 1.82) is 0 Å². The highest BCUT2D eigenvalue weighted by Crippen LogP contribution is 2.34. The average Bonchev–Trinajstić information content (AvgIpc) is 3.72. The summed E-state index contributed by atoms with van der Waals surface area (Å²) in [5.41, 5.74) is 6.74. The minimum atomic E-state index is -3.21. The molecule has 214 valence electrons. The summed E-state index contributed by atoms with van der Waals surface area (Å²) in [6.45, 7) is 3.19. The third kappa shape index (κ3) is 6.21. The predicted molar refractivity (Wildman–Crippen MR) is 146 cm³/mol. The number of carbonyl (C=O) groups is 3. The van der Waals surface area contributed by atoms with Crippen LogP contribution in [0.4, 0.5) is 0 Å². The van der Waals surface area contributed by atoms with Gasteiger partial charge in [0.15, 0.2) is 5.78 Å². The molecule has 2 saturated heterocycles. The lowest BCUT2D eigenvalue weighted by atomic mass is 9.81. The van der Waals surface area contributed by atoms with E-state index in [1.54, 1.807) is 21.3 Å². The topological polar surface area (TPSA) is 141 Å². The number of amides is 1. The molecule has 11 heteroatoms. The van der Waals surface area contributed by atoms with Gasteiger partial charge >= 0.3 is 5.97 Å². The summed E-state index contributed by atoms with van der Waals surface area (Å²) in [5, 5.41) is 8.95. The molecule has 1 aromatic rings. The Kier molecular flexibility index (Phi) is 8.42. The molecule has 5 rings (SSSR count). The van der Waals surface area contributed by atoms with E-state index in [1.165, 1.54) is 12.1 Å². The van der Waals surface area contributed by atoms with E-state index >= 15 is 0 Å². The Morgan fingerprint density at radius 1 is 0.923 bits per heavy atom. The zero-order chi connectivity index (χ0) is 27.7. The number of carbonyl (C=O) groups excluding carboxylic acids is 2. The fraction of sp³-hybridized carbons (Fsp3) is 0.679. The SMILES string of the molecule is NCC1CCC(C(=O)N2C[C@@H](N3CCN(S(=O)(=O)C4CC4)CC3)C[C@H]2C(=O)Cc2ccc(C(=O)O)cc2)CC1. The number of hydrogen-bond acceptors (Lipinski definition) is 7. The first-order chi connectivity index (χ1) is 18.7. The summed E-state index contributed by atoms with van der Waals surface area (Å²) in [5.74, 6) is -0.660. The molecule has 0 bridgehead atoms. The van der Waals surface area contributed by atoms with Crippen molar-refractivity contribution in [3.05, 3.63) is 35.4 Å². The Bertz CT molecular complexity index is 1170. The Balaban J connectivity index is 1.27. The van der Waals surface area contributed by atoms with E-state index in [2.05, 4.69) is 4.90 Å². The fourth-order valence-electron chi connectivity index (χ4n) is 6.49. The molecular formula is C28H40N4O6S. The second-order valence-electron chi connectivity index (χ2n) is 11.7. The van der Waals surface area contributed by atoms with Crippen molar-refractivity contribution in [2.75, 3.05) is 39.3 Å². The first-order valence-corrected chi connectivity index (χ1v) is 15.8. The molecular weight excluding hydrogens is 520 g/mol. The maximum Gasteiger partial charge on any atom is 0.335 e. The smallest absolute Gasteiger partial charge is 0.335 e. The van der Waals surface area contributed by atoms with Gasteiger partial charge < -0.3 is 15.7 Å². The molecule has 0 unspecified atom stereocenters. The number of nitrogens with zero attached hydrogens (tertiary/aromatic N) is 3. The van der Waals surface area contributed by atoms with Gasteiger partial charge in [-0.25, -0.2) is 13.2 Å². The van der Waals surface area contributed by atoms with Crippen LogP contribution in [-0.4, -0.2) is 102 Å². The number of aromatic carboxylic acids is 1. The average molecular weight is 561 g/mol. The first kappa shape index (κ1) is 28.2. The zero-order valence-electron chi connectivity index (χ0n) is 22.4. The second kappa shape index (κ2) is 11.6.